The van der Waals surface area contributed by atoms with Crippen molar-refractivity contribution in [3.8, 4) is 5.75 Å². The second-order valence-electron chi connectivity index (χ2n) is 4.12. The third-order valence-corrected chi connectivity index (χ3v) is 3.68. The molecule has 1 fully saturated rings. The number of hydrogen-bond donors (Lipinski definition) is 2. The van der Waals surface area contributed by atoms with Crippen molar-refractivity contribution < 1.29 is 19.4 Å². The molecular weight excluding hydrogens is 294 g/mol. The molecule has 0 radical (unpaired) electrons. The van der Waals surface area contributed by atoms with Crippen molar-refractivity contribution in [3.63, 3.8) is 0 Å². The fraction of sp³-hybridized carbons (Fsp3) is 0.231. The van der Waals surface area contributed by atoms with E-state index in [1.165, 1.54) is 6.21 Å². The Kier molecular flexibility index (Phi) is 4.94. The summed E-state index contributed by atoms with van der Waals surface area (Å²) >= 11 is 1.06. The molecule has 1 atom stereocenters. The first-order valence-electron chi connectivity index (χ1n) is 6.03. The lowest BCUT2D eigenvalue weighted by Crippen LogP contribution is -2.26. The van der Waals surface area contributed by atoms with Crippen molar-refractivity contribution >= 4 is 35.0 Å². The number of carboxylic acid groups (broad SMARTS) is 1. The van der Waals surface area contributed by atoms with Crippen LogP contribution in [0.25, 0.3) is 0 Å². The Morgan fingerprint density at radius 3 is 2.81 bits per heavy atom. The summed E-state index contributed by atoms with van der Waals surface area (Å²) in [5, 5.41) is 18.5. The van der Waals surface area contributed by atoms with Crippen LogP contribution in [0.4, 0.5) is 0 Å². The van der Waals surface area contributed by atoms with Crippen LogP contribution in [0.2, 0.25) is 0 Å². The van der Waals surface area contributed by atoms with E-state index in [0.29, 0.717) is 5.17 Å². The van der Waals surface area contributed by atoms with Crippen LogP contribution in [0.1, 0.15) is 12.0 Å². The zero-order chi connectivity index (χ0) is 15.2. The van der Waals surface area contributed by atoms with E-state index in [-0.39, 0.29) is 12.3 Å². The fourth-order valence-electron chi connectivity index (χ4n) is 1.58. The van der Waals surface area contributed by atoms with E-state index >= 15 is 0 Å². The quantitative estimate of drug-likeness (QED) is 0.626. The Labute approximate surface area is 125 Å². The third kappa shape index (κ3) is 4.32. The number of aliphatic carboxylic acids is 1. The summed E-state index contributed by atoms with van der Waals surface area (Å²) in [7, 11) is 1.59. The molecule has 2 N–H and O–H groups in total. The number of carbonyl (C=O) groups is 2. The van der Waals surface area contributed by atoms with Crippen LogP contribution in [-0.2, 0) is 9.59 Å². The molecule has 21 heavy (non-hydrogen) atoms. The normalized spacial score (nSPS) is 20.0. The first-order valence-corrected chi connectivity index (χ1v) is 6.91. The number of amidine groups is 1. The van der Waals surface area contributed by atoms with E-state index in [2.05, 4.69) is 15.5 Å². The standard InChI is InChI=1S/C13H13N3O4S/c1-20-9-4-2-8(3-5-9)7-14-16-13-15-12(19)10(21-13)6-11(17)18/h2-5,7,10H,6H2,1H3,(H,17,18)(H,15,16,19)/b14-7+/t10-/m1/s1. The number of thioether (sulfide) groups is 1. The highest BCUT2D eigenvalue weighted by molar-refractivity contribution is 8.15. The van der Waals surface area contributed by atoms with Crippen LogP contribution in [-0.4, -0.2) is 40.7 Å². The highest BCUT2D eigenvalue weighted by Gasteiger charge is 2.32. The van der Waals surface area contributed by atoms with Crippen LogP contribution < -0.4 is 10.1 Å². The van der Waals surface area contributed by atoms with Crippen LogP contribution in [0.5, 0.6) is 5.75 Å². The summed E-state index contributed by atoms with van der Waals surface area (Å²) < 4.78 is 5.04. The molecule has 7 nitrogen and oxygen atoms in total. The molecule has 0 aliphatic carbocycles. The summed E-state index contributed by atoms with van der Waals surface area (Å²) in [5.41, 5.74) is 0.830. The number of methoxy groups -OCH3 is 1. The Bertz CT molecular complexity index is 598. The molecule has 1 aliphatic rings. The highest BCUT2D eigenvalue weighted by Crippen LogP contribution is 2.22. The number of hydrogen-bond acceptors (Lipinski definition) is 6. The van der Waals surface area contributed by atoms with Gasteiger partial charge in [0.1, 0.15) is 11.0 Å². The molecule has 1 aliphatic heterocycles. The minimum atomic E-state index is -1.02. The van der Waals surface area contributed by atoms with Gasteiger partial charge >= 0.3 is 5.97 Å². The summed E-state index contributed by atoms with van der Waals surface area (Å²) in [6.07, 6.45) is 1.29. The molecule has 1 aromatic rings. The zero-order valence-corrected chi connectivity index (χ0v) is 12.0. The molecule has 1 amide bonds. The fourth-order valence-corrected chi connectivity index (χ4v) is 2.50. The minimum absolute atomic E-state index is 0.238. The minimum Gasteiger partial charge on any atom is -0.497 e. The van der Waals surface area contributed by atoms with Gasteiger partial charge in [-0.3, -0.25) is 9.59 Å². The zero-order valence-electron chi connectivity index (χ0n) is 11.1. The maximum atomic E-state index is 11.5. The maximum Gasteiger partial charge on any atom is 0.305 e. The number of ether oxygens (including phenoxy) is 1. The van der Waals surface area contributed by atoms with Gasteiger partial charge in [-0.05, 0) is 29.8 Å². The molecule has 1 saturated heterocycles. The van der Waals surface area contributed by atoms with Gasteiger partial charge in [0.2, 0.25) is 5.91 Å². The summed E-state index contributed by atoms with van der Waals surface area (Å²) in [6.45, 7) is 0. The van der Waals surface area contributed by atoms with Gasteiger partial charge in [0.05, 0.1) is 19.7 Å². The number of amides is 1. The molecule has 0 bridgehead atoms. The van der Waals surface area contributed by atoms with Crippen molar-refractivity contribution in [1.29, 1.82) is 0 Å². The SMILES string of the molecule is COc1ccc(/C=N/N=C2/NC(=O)[C@@H](CC(=O)O)S2)cc1. The van der Waals surface area contributed by atoms with Gasteiger partial charge in [-0.1, -0.05) is 11.8 Å². The van der Waals surface area contributed by atoms with Gasteiger partial charge in [-0.25, -0.2) is 0 Å². The second kappa shape index (κ2) is 6.89. The molecule has 1 aromatic carbocycles. The number of nitrogens with one attached hydrogen (secondary N) is 1. The van der Waals surface area contributed by atoms with Gasteiger partial charge in [0.15, 0.2) is 5.17 Å². The second-order valence-corrected chi connectivity index (χ2v) is 5.31. The number of carbonyl (C=O) groups excluding carboxylic acids is 1. The number of nitrogens with zero attached hydrogens (tertiary/aromatic N) is 2. The van der Waals surface area contributed by atoms with Crippen molar-refractivity contribution in [2.75, 3.05) is 7.11 Å². The molecule has 0 spiro atoms. The van der Waals surface area contributed by atoms with E-state index in [0.717, 1.165) is 23.1 Å². The van der Waals surface area contributed by atoms with Gasteiger partial charge < -0.3 is 15.2 Å². The van der Waals surface area contributed by atoms with Gasteiger partial charge in [0, 0.05) is 0 Å². The molecule has 2 rings (SSSR count). The summed E-state index contributed by atoms with van der Waals surface area (Å²) in [6, 6.07) is 7.22. The molecule has 0 unspecified atom stereocenters. The maximum absolute atomic E-state index is 11.5. The van der Waals surface area contributed by atoms with Gasteiger partial charge in [-0.15, -0.1) is 5.10 Å². The lowest BCUT2D eigenvalue weighted by molar-refractivity contribution is -0.138. The van der Waals surface area contributed by atoms with Gasteiger partial charge in [-0.2, -0.15) is 5.10 Å². The van der Waals surface area contributed by atoms with E-state index in [4.69, 9.17) is 9.84 Å². The average Bonchev–Trinajstić information content (AvgIpc) is 2.79. The number of carboxylic acids is 1. The lowest BCUT2D eigenvalue weighted by Gasteiger charge is -1.98. The molecule has 0 aromatic heterocycles. The van der Waals surface area contributed by atoms with Crippen molar-refractivity contribution in [3.05, 3.63) is 29.8 Å². The predicted molar refractivity (Wildman–Crippen MR) is 79.8 cm³/mol. The third-order valence-electron chi connectivity index (χ3n) is 2.61. The largest absolute Gasteiger partial charge is 0.497 e. The van der Waals surface area contributed by atoms with Crippen molar-refractivity contribution in [2.24, 2.45) is 10.2 Å². The van der Waals surface area contributed by atoms with Gasteiger partial charge in [0.25, 0.3) is 0 Å². The first-order chi connectivity index (χ1) is 10.1. The van der Waals surface area contributed by atoms with Crippen LogP contribution >= 0.6 is 11.8 Å². The average molecular weight is 307 g/mol. The first kappa shape index (κ1) is 15.0. The molecular formula is C13H13N3O4S. The van der Waals surface area contributed by atoms with Crippen molar-refractivity contribution in [2.45, 2.75) is 11.7 Å². The topological polar surface area (TPSA) is 100 Å². The smallest absolute Gasteiger partial charge is 0.305 e. The van der Waals surface area contributed by atoms with E-state index < -0.39 is 11.2 Å². The molecule has 110 valence electrons. The number of benzene rings is 1. The summed E-state index contributed by atoms with van der Waals surface area (Å²) in [4.78, 5) is 22.1. The molecule has 0 saturated carbocycles. The van der Waals surface area contributed by atoms with E-state index in [1.807, 2.05) is 12.1 Å². The van der Waals surface area contributed by atoms with E-state index in [9.17, 15) is 9.59 Å². The Morgan fingerprint density at radius 1 is 1.48 bits per heavy atom. The summed E-state index contributed by atoms with van der Waals surface area (Å²) in [5.74, 6) is -0.639. The predicted octanol–water partition coefficient (Wildman–Crippen LogP) is 1.09. The monoisotopic (exact) mass is 307 g/mol. The number of rotatable bonds is 5. The van der Waals surface area contributed by atoms with Crippen LogP contribution in [0.3, 0.4) is 0 Å². The highest BCUT2D eigenvalue weighted by atomic mass is 32.2. The lowest BCUT2D eigenvalue weighted by atomic mass is 10.2. The molecule has 8 heteroatoms. The Balaban J connectivity index is 1.96. The van der Waals surface area contributed by atoms with E-state index in [1.54, 1.807) is 19.2 Å². The van der Waals surface area contributed by atoms with Crippen molar-refractivity contribution in [1.82, 2.24) is 5.32 Å². The van der Waals surface area contributed by atoms with Crippen LogP contribution in [0.15, 0.2) is 34.5 Å². The Hall–Kier alpha value is -2.35. The molecule has 1 heterocycles. The van der Waals surface area contributed by atoms with Crippen LogP contribution in [0, 0.1) is 0 Å². The Morgan fingerprint density at radius 2 is 2.19 bits per heavy atom.